The summed E-state index contributed by atoms with van der Waals surface area (Å²) in [5.74, 6) is -0.102. The first-order chi connectivity index (χ1) is 17.1. The van der Waals surface area contributed by atoms with Gasteiger partial charge in [-0.25, -0.2) is 4.79 Å². The summed E-state index contributed by atoms with van der Waals surface area (Å²) in [4.78, 5) is 41.6. The van der Waals surface area contributed by atoms with Gasteiger partial charge in [-0.2, -0.15) is 11.8 Å². The molecular formula is C28H37N3O4S. The monoisotopic (exact) mass is 511 g/mol. The molecule has 3 amide bonds. The van der Waals surface area contributed by atoms with Gasteiger partial charge in [-0.15, -0.1) is 6.58 Å². The lowest BCUT2D eigenvalue weighted by molar-refractivity contribution is -0.140. The molecule has 0 radical (unpaired) electrons. The van der Waals surface area contributed by atoms with Crippen molar-refractivity contribution in [2.75, 3.05) is 23.9 Å². The van der Waals surface area contributed by atoms with E-state index in [9.17, 15) is 14.4 Å². The maximum atomic E-state index is 13.9. The average molecular weight is 512 g/mol. The molecule has 2 unspecified atom stereocenters. The number of hydrogen-bond donors (Lipinski definition) is 2. The predicted octanol–water partition coefficient (Wildman–Crippen LogP) is 5.34. The minimum atomic E-state index is -0.937. The molecule has 2 rings (SSSR count). The Labute approximate surface area is 218 Å². The largest absolute Gasteiger partial charge is 0.444 e. The second-order valence-electron chi connectivity index (χ2n) is 9.38. The Kier molecular flexibility index (Phi) is 11.0. The van der Waals surface area contributed by atoms with Crippen molar-refractivity contribution in [1.29, 1.82) is 0 Å². The molecule has 0 spiro atoms. The molecule has 0 fully saturated rings. The van der Waals surface area contributed by atoms with Gasteiger partial charge in [0.1, 0.15) is 17.7 Å². The summed E-state index contributed by atoms with van der Waals surface area (Å²) in [6.07, 6.45) is 3.21. The molecule has 0 aromatic heterocycles. The lowest BCUT2D eigenvalue weighted by Crippen LogP contribution is -2.52. The molecule has 0 bridgehead atoms. The smallest absolute Gasteiger partial charge is 0.408 e. The molecule has 36 heavy (non-hydrogen) atoms. The van der Waals surface area contributed by atoms with E-state index in [2.05, 4.69) is 17.2 Å². The van der Waals surface area contributed by atoms with Crippen LogP contribution < -0.4 is 10.6 Å². The minimum Gasteiger partial charge on any atom is -0.444 e. The molecule has 0 aliphatic heterocycles. The number of aryl methyl sites for hydroxylation is 1. The van der Waals surface area contributed by atoms with Crippen molar-refractivity contribution < 1.29 is 19.1 Å². The molecule has 2 aromatic rings. The molecule has 0 aliphatic carbocycles. The number of thioether (sulfide) groups is 1. The highest BCUT2D eigenvalue weighted by Gasteiger charge is 2.35. The van der Waals surface area contributed by atoms with Crippen LogP contribution >= 0.6 is 11.8 Å². The number of carbonyl (C=O) groups excluding carboxylic acids is 3. The molecule has 194 valence electrons. The Morgan fingerprint density at radius 2 is 1.72 bits per heavy atom. The van der Waals surface area contributed by atoms with E-state index in [0.29, 0.717) is 23.4 Å². The van der Waals surface area contributed by atoms with Gasteiger partial charge in [0, 0.05) is 12.2 Å². The third-order valence-corrected chi connectivity index (χ3v) is 5.93. The second-order valence-corrected chi connectivity index (χ2v) is 10.4. The molecule has 0 saturated carbocycles. The van der Waals surface area contributed by atoms with Crippen LogP contribution in [0.4, 0.5) is 10.5 Å². The number of anilines is 1. The highest BCUT2D eigenvalue weighted by Crippen LogP contribution is 2.26. The standard InChI is InChI=1S/C28H37N3O4S/c1-7-18-31(26(33)23(17-19-36-6)30-27(34)35-28(3,4)5)24(21-14-9-8-10-15-21)25(32)29-22-16-12-11-13-20(22)2/h7-16,23-24H,1,17-19H2,2-6H3,(H,29,32)(H,30,34). The summed E-state index contributed by atoms with van der Waals surface area (Å²) in [7, 11) is 0. The van der Waals surface area contributed by atoms with Crippen molar-refractivity contribution in [2.45, 2.75) is 51.8 Å². The topological polar surface area (TPSA) is 87.7 Å². The second kappa shape index (κ2) is 13.7. The molecular weight excluding hydrogens is 474 g/mol. The predicted molar refractivity (Wildman–Crippen MR) is 147 cm³/mol. The van der Waals surface area contributed by atoms with Gasteiger partial charge in [0.25, 0.3) is 5.91 Å². The number of ether oxygens (including phenoxy) is 1. The van der Waals surface area contributed by atoms with E-state index in [1.165, 1.54) is 4.90 Å². The van der Waals surface area contributed by atoms with Crippen LogP contribution in [-0.2, 0) is 14.3 Å². The van der Waals surface area contributed by atoms with Crippen molar-refractivity contribution in [3.8, 4) is 0 Å². The van der Waals surface area contributed by atoms with E-state index in [1.54, 1.807) is 38.6 Å². The number of nitrogens with zero attached hydrogens (tertiary/aromatic N) is 1. The first kappa shape index (κ1) is 29.0. The molecule has 2 N–H and O–H groups in total. The summed E-state index contributed by atoms with van der Waals surface area (Å²) in [5, 5.41) is 5.69. The van der Waals surface area contributed by atoms with Gasteiger partial charge in [-0.1, -0.05) is 54.6 Å². The first-order valence-electron chi connectivity index (χ1n) is 11.9. The van der Waals surface area contributed by atoms with Crippen LogP contribution in [-0.4, -0.2) is 53.0 Å². The van der Waals surface area contributed by atoms with E-state index in [4.69, 9.17) is 4.74 Å². The highest BCUT2D eigenvalue weighted by molar-refractivity contribution is 7.98. The van der Waals surface area contributed by atoms with Crippen LogP contribution in [0.3, 0.4) is 0 Å². The number of rotatable bonds is 11. The van der Waals surface area contributed by atoms with Crippen molar-refractivity contribution >= 4 is 35.4 Å². The van der Waals surface area contributed by atoms with E-state index in [0.717, 1.165) is 5.56 Å². The fraction of sp³-hybridized carbons (Fsp3) is 0.393. The zero-order valence-electron chi connectivity index (χ0n) is 21.7. The molecule has 7 nitrogen and oxygen atoms in total. The summed E-state index contributed by atoms with van der Waals surface area (Å²) in [6, 6.07) is 14.8. The highest BCUT2D eigenvalue weighted by atomic mass is 32.2. The van der Waals surface area contributed by atoms with Crippen LogP contribution in [0.1, 0.15) is 44.4 Å². The number of alkyl carbamates (subject to hydrolysis) is 1. The van der Waals surface area contributed by atoms with Crippen molar-refractivity contribution in [2.24, 2.45) is 0 Å². The van der Waals surface area contributed by atoms with Crippen LogP contribution in [0, 0.1) is 6.92 Å². The van der Waals surface area contributed by atoms with Gasteiger partial charge >= 0.3 is 6.09 Å². The van der Waals surface area contributed by atoms with E-state index in [-0.39, 0.29) is 18.4 Å². The Hall–Kier alpha value is -3.26. The van der Waals surface area contributed by atoms with Crippen molar-refractivity contribution in [3.63, 3.8) is 0 Å². The number of nitrogens with one attached hydrogen (secondary N) is 2. The Balaban J connectivity index is 2.44. The number of benzene rings is 2. The SMILES string of the molecule is C=CCN(C(=O)C(CCSC)NC(=O)OC(C)(C)C)C(C(=O)Nc1ccccc1C)c1ccccc1. The van der Waals surface area contributed by atoms with Crippen molar-refractivity contribution in [3.05, 3.63) is 78.4 Å². The van der Waals surface area contributed by atoms with Crippen molar-refractivity contribution in [1.82, 2.24) is 10.2 Å². The zero-order valence-corrected chi connectivity index (χ0v) is 22.6. The van der Waals surface area contributed by atoms with Gasteiger partial charge in [0.15, 0.2) is 0 Å². The Bertz CT molecular complexity index is 1040. The Morgan fingerprint density at radius 1 is 1.08 bits per heavy atom. The quantitative estimate of drug-likeness (QED) is 0.398. The maximum Gasteiger partial charge on any atom is 0.408 e. The lowest BCUT2D eigenvalue weighted by Gasteiger charge is -2.34. The summed E-state index contributed by atoms with van der Waals surface area (Å²) < 4.78 is 5.40. The van der Waals surface area contributed by atoms with E-state index in [1.807, 2.05) is 67.8 Å². The molecule has 0 aliphatic rings. The number of hydrogen-bond acceptors (Lipinski definition) is 5. The first-order valence-corrected chi connectivity index (χ1v) is 13.3. The van der Waals surface area contributed by atoms with Gasteiger partial charge < -0.3 is 20.3 Å². The van der Waals surface area contributed by atoms with Gasteiger partial charge in [-0.05, 0) is 63.3 Å². The number of para-hydroxylation sites is 1. The zero-order chi connectivity index (χ0) is 26.7. The molecule has 0 saturated heterocycles. The number of carbonyl (C=O) groups is 3. The number of amides is 3. The molecule has 2 aromatic carbocycles. The normalized spacial score (nSPS) is 12.7. The fourth-order valence-electron chi connectivity index (χ4n) is 3.63. The van der Waals surface area contributed by atoms with Crippen LogP contribution in [0.5, 0.6) is 0 Å². The third kappa shape index (κ3) is 8.75. The van der Waals surface area contributed by atoms with Gasteiger partial charge in [0.2, 0.25) is 5.91 Å². The van der Waals surface area contributed by atoms with Crippen LogP contribution in [0.2, 0.25) is 0 Å². The minimum absolute atomic E-state index is 0.116. The summed E-state index contributed by atoms with van der Waals surface area (Å²) in [5.41, 5.74) is 1.52. The molecule has 2 atom stereocenters. The third-order valence-electron chi connectivity index (χ3n) is 5.29. The van der Waals surface area contributed by atoms with Gasteiger partial charge in [0.05, 0.1) is 0 Å². The fourth-order valence-corrected chi connectivity index (χ4v) is 4.10. The maximum absolute atomic E-state index is 13.9. The average Bonchev–Trinajstić information content (AvgIpc) is 2.82. The Morgan fingerprint density at radius 3 is 2.31 bits per heavy atom. The lowest BCUT2D eigenvalue weighted by atomic mass is 10.0. The van der Waals surface area contributed by atoms with E-state index >= 15 is 0 Å². The molecule has 8 heteroatoms. The molecule has 0 heterocycles. The summed E-state index contributed by atoms with van der Waals surface area (Å²) in [6.45, 7) is 11.1. The van der Waals surface area contributed by atoms with Gasteiger partial charge in [-0.3, -0.25) is 9.59 Å². The van der Waals surface area contributed by atoms with Crippen LogP contribution in [0.25, 0.3) is 0 Å². The van der Waals surface area contributed by atoms with Crippen LogP contribution in [0.15, 0.2) is 67.3 Å². The van der Waals surface area contributed by atoms with E-state index < -0.39 is 23.8 Å². The summed E-state index contributed by atoms with van der Waals surface area (Å²) >= 11 is 1.56.